The van der Waals surface area contributed by atoms with Crippen LogP contribution in [0.15, 0.2) is 24.4 Å². The molecule has 0 unspecified atom stereocenters. The van der Waals surface area contributed by atoms with Crippen LogP contribution in [0.1, 0.15) is 12.1 Å². The van der Waals surface area contributed by atoms with E-state index in [9.17, 15) is 4.79 Å². The molecule has 1 aliphatic rings. The number of nitrogens with zero attached hydrogens (tertiary/aromatic N) is 3. The Morgan fingerprint density at radius 1 is 1.38 bits per heavy atom. The summed E-state index contributed by atoms with van der Waals surface area (Å²) in [5, 5.41) is 12.0. The minimum Gasteiger partial charge on any atom is -0.355 e. The van der Waals surface area contributed by atoms with Gasteiger partial charge in [-0.25, -0.2) is 4.68 Å². The number of halogens is 2. The molecule has 1 aliphatic heterocycles. The highest BCUT2D eigenvalue weighted by atomic mass is 35.5. The summed E-state index contributed by atoms with van der Waals surface area (Å²) < 4.78 is 1.65. The summed E-state index contributed by atoms with van der Waals surface area (Å²) in [6.07, 6.45) is 2.70. The van der Waals surface area contributed by atoms with Gasteiger partial charge in [-0.1, -0.05) is 28.4 Å². The summed E-state index contributed by atoms with van der Waals surface area (Å²) >= 11 is 13.5. The van der Waals surface area contributed by atoms with Crippen molar-refractivity contribution in [3.63, 3.8) is 0 Å². The second-order valence-corrected chi connectivity index (χ2v) is 6.64. The Morgan fingerprint density at radius 2 is 2.24 bits per heavy atom. The van der Waals surface area contributed by atoms with Gasteiger partial charge < -0.3 is 5.32 Å². The van der Waals surface area contributed by atoms with Crippen LogP contribution in [0.2, 0.25) is 10.0 Å². The number of rotatable bonds is 4. The fraction of sp³-hybridized carbons (Fsp3) is 0.308. The van der Waals surface area contributed by atoms with Gasteiger partial charge in [0.05, 0.1) is 32.9 Å². The number of aromatic nitrogens is 3. The molecule has 0 aliphatic carbocycles. The molecule has 0 saturated carbocycles. The standard InChI is InChI=1S/C13H12Cl2N4OS/c14-10-2-1-9(5-11(10)15)19-6-8(17-18-19)7-21-12-3-4-16-13(12)20/h1-2,5-6,12H,3-4,7H2,(H,16,20)/t12-/m0/s1. The highest BCUT2D eigenvalue weighted by molar-refractivity contribution is 7.99. The van der Waals surface area contributed by atoms with Gasteiger partial charge >= 0.3 is 0 Å². The third-order valence-corrected chi connectivity index (χ3v) is 5.19. The van der Waals surface area contributed by atoms with Gasteiger partial charge in [0, 0.05) is 12.3 Å². The van der Waals surface area contributed by atoms with E-state index in [2.05, 4.69) is 15.6 Å². The SMILES string of the molecule is O=C1NCC[C@@H]1SCc1cn(-c2ccc(Cl)c(Cl)c2)nn1. The molecule has 1 saturated heterocycles. The molecule has 1 atom stereocenters. The van der Waals surface area contributed by atoms with Gasteiger partial charge in [-0.2, -0.15) is 0 Å². The van der Waals surface area contributed by atoms with Crippen molar-refractivity contribution in [2.24, 2.45) is 0 Å². The van der Waals surface area contributed by atoms with E-state index < -0.39 is 0 Å². The van der Waals surface area contributed by atoms with Gasteiger partial charge in [-0.3, -0.25) is 4.79 Å². The van der Waals surface area contributed by atoms with Crippen LogP contribution in [0, 0.1) is 0 Å². The third kappa shape index (κ3) is 3.33. The molecule has 110 valence electrons. The molecular formula is C13H12Cl2N4OS. The topological polar surface area (TPSA) is 59.8 Å². The van der Waals surface area contributed by atoms with Crippen molar-refractivity contribution < 1.29 is 4.79 Å². The molecule has 2 aromatic rings. The summed E-state index contributed by atoms with van der Waals surface area (Å²) in [5.41, 5.74) is 1.62. The number of thioether (sulfide) groups is 1. The van der Waals surface area contributed by atoms with Gasteiger partial charge in [0.2, 0.25) is 5.91 Å². The number of hydrogen-bond donors (Lipinski definition) is 1. The molecule has 0 bridgehead atoms. The average Bonchev–Trinajstić information content (AvgIpc) is 3.09. The predicted molar refractivity (Wildman–Crippen MR) is 84.1 cm³/mol. The van der Waals surface area contributed by atoms with Gasteiger partial charge in [-0.05, 0) is 24.6 Å². The zero-order chi connectivity index (χ0) is 14.8. The van der Waals surface area contributed by atoms with Crippen molar-refractivity contribution in [3.8, 4) is 5.69 Å². The molecule has 5 nitrogen and oxygen atoms in total. The first kappa shape index (κ1) is 14.7. The first-order chi connectivity index (χ1) is 10.1. The number of carbonyl (C=O) groups excluding carboxylic acids is 1. The molecule has 1 aromatic heterocycles. The largest absolute Gasteiger partial charge is 0.355 e. The molecule has 1 aromatic carbocycles. The van der Waals surface area contributed by atoms with E-state index in [0.29, 0.717) is 15.8 Å². The van der Waals surface area contributed by atoms with Crippen LogP contribution in [0.5, 0.6) is 0 Å². The number of amides is 1. The van der Waals surface area contributed by atoms with Crippen molar-refractivity contribution in [2.75, 3.05) is 6.54 Å². The monoisotopic (exact) mass is 342 g/mol. The van der Waals surface area contributed by atoms with E-state index in [1.165, 1.54) is 0 Å². The van der Waals surface area contributed by atoms with Crippen LogP contribution in [0.4, 0.5) is 0 Å². The lowest BCUT2D eigenvalue weighted by atomic mass is 10.3. The Bertz CT molecular complexity index is 676. The van der Waals surface area contributed by atoms with Crippen LogP contribution < -0.4 is 5.32 Å². The summed E-state index contributed by atoms with van der Waals surface area (Å²) in [7, 11) is 0. The van der Waals surface area contributed by atoms with Gasteiger partial charge in [0.25, 0.3) is 0 Å². The fourth-order valence-electron chi connectivity index (χ4n) is 2.03. The first-order valence-corrected chi connectivity index (χ1v) is 8.20. The molecule has 1 fully saturated rings. The minimum absolute atomic E-state index is 0.0140. The zero-order valence-corrected chi connectivity index (χ0v) is 13.3. The maximum atomic E-state index is 11.5. The van der Waals surface area contributed by atoms with Gasteiger partial charge in [0.15, 0.2) is 0 Å². The Morgan fingerprint density at radius 3 is 2.95 bits per heavy atom. The fourth-order valence-corrected chi connectivity index (χ4v) is 3.35. The second kappa shape index (κ2) is 6.25. The predicted octanol–water partition coefficient (Wildman–Crippen LogP) is 2.70. The maximum Gasteiger partial charge on any atom is 0.233 e. The van der Waals surface area contributed by atoms with E-state index in [-0.39, 0.29) is 11.2 Å². The molecule has 1 amide bonds. The smallest absolute Gasteiger partial charge is 0.233 e. The van der Waals surface area contributed by atoms with E-state index in [0.717, 1.165) is 24.3 Å². The van der Waals surface area contributed by atoms with E-state index in [1.54, 1.807) is 28.6 Å². The quantitative estimate of drug-likeness (QED) is 0.927. The normalized spacial score (nSPS) is 18.0. The molecule has 1 N–H and O–H groups in total. The summed E-state index contributed by atoms with van der Waals surface area (Å²) in [6.45, 7) is 0.756. The van der Waals surface area contributed by atoms with Crippen molar-refractivity contribution in [3.05, 3.63) is 40.1 Å². The molecule has 0 radical (unpaired) electrons. The van der Waals surface area contributed by atoms with Gasteiger partial charge in [0.1, 0.15) is 0 Å². The van der Waals surface area contributed by atoms with Crippen LogP contribution in [0.3, 0.4) is 0 Å². The molecule has 0 spiro atoms. The van der Waals surface area contributed by atoms with Crippen molar-refractivity contribution in [1.82, 2.24) is 20.3 Å². The van der Waals surface area contributed by atoms with E-state index in [1.807, 2.05) is 12.3 Å². The van der Waals surface area contributed by atoms with Crippen LogP contribution in [-0.4, -0.2) is 32.7 Å². The number of benzene rings is 1. The minimum atomic E-state index is 0.0140. The highest BCUT2D eigenvalue weighted by Gasteiger charge is 2.24. The van der Waals surface area contributed by atoms with Crippen molar-refractivity contribution in [1.29, 1.82) is 0 Å². The average molecular weight is 343 g/mol. The van der Waals surface area contributed by atoms with Crippen molar-refractivity contribution in [2.45, 2.75) is 17.4 Å². The number of carbonyl (C=O) groups is 1. The summed E-state index contributed by atoms with van der Waals surface area (Å²) in [4.78, 5) is 11.5. The van der Waals surface area contributed by atoms with E-state index >= 15 is 0 Å². The molecular weight excluding hydrogens is 331 g/mol. The molecule has 2 heterocycles. The van der Waals surface area contributed by atoms with Crippen molar-refractivity contribution >= 4 is 40.9 Å². The lowest BCUT2D eigenvalue weighted by molar-refractivity contribution is -0.118. The number of hydrogen-bond acceptors (Lipinski definition) is 4. The van der Waals surface area contributed by atoms with E-state index in [4.69, 9.17) is 23.2 Å². The Labute approximate surface area is 136 Å². The lowest BCUT2D eigenvalue weighted by Crippen LogP contribution is -2.20. The first-order valence-electron chi connectivity index (χ1n) is 6.39. The summed E-state index contributed by atoms with van der Waals surface area (Å²) in [5.74, 6) is 0.760. The Kier molecular flexibility index (Phi) is 4.37. The second-order valence-electron chi connectivity index (χ2n) is 4.63. The molecule has 3 rings (SSSR count). The molecule has 21 heavy (non-hydrogen) atoms. The third-order valence-electron chi connectivity index (χ3n) is 3.14. The molecule has 8 heteroatoms. The van der Waals surface area contributed by atoms with Gasteiger partial charge in [-0.15, -0.1) is 16.9 Å². The summed E-state index contributed by atoms with van der Waals surface area (Å²) in [6, 6.07) is 5.28. The Hall–Kier alpha value is -1.24. The highest BCUT2D eigenvalue weighted by Crippen LogP contribution is 2.25. The zero-order valence-electron chi connectivity index (χ0n) is 10.9. The van der Waals surface area contributed by atoms with Crippen LogP contribution in [0.25, 0.3) is 5.69 Å². The lowest BCUT2D eigenvalue weighted by Gasteiger charge is -2.03. The number of nitrogens with one attached hydrogen (secondary N) is 1. The Balaban J connectivity index is 1.68. The van der Waals surface area contributed by atoms with Crippen LogP contribution >= 0.6 is 35.0 Å². The van der Waals surface area contributed by atoms with Crippen LogP contribution in [-0.2, 0) is 10.5 Å². The maximum absolute atomic E-state index is 11.5.